The molecule has 2 rings (SSSR count). The van der Waals surface area contributed by atoms with Gasteiger partial charge in [0.05, 0.1) is 11.0 Å². The Labute approximate surface area is 111 Å². The molecule has 1 heterocycles. The van der Waals surface area contributed by atoms with Gasteiger partial charge in [-0.15, -0.1) is 11.6 Å². The zero-order valence-corrected chi connectivity index (χ0v) is 11.1. The Bertz CT molecular complexity index is 577. The molecule has 0 saturated carbocycles. The number of benzene rings is 1. The van der Waals surface area contributed by atoms with E-state index in [1.54, 1.807) is 0 Å². The lowest BCUT2D eigenvalue weighted by molar-refractivity contribution is -0.118. The van der Waals surface area contributed by atoms with E-state index in [9.17, 15) is 4.79 Å². The zero-order chi connectivity index (χ0) is 13.1. The molecule has 0 atom stereocenters. The molecule has 1 amide bonds. The predicted molar refractivity (Wildman–Crippen MR) is 72.7 cm³/mol. The molecule has 0 unspecified atom stereocenters. The van der Waals surface area contributed by atoms with Gasteiger partial charge in [-0.2, -0.15) is 0 Å². The predicted octanol–water partition coefficient (Wildman–Crippen LogP) is 2.00. The zero-order valence-electron chi connectivity index (χ0n) is 10.3. The van der Waals surface area contributed by atoms with Gasteiger partial charge in [0, 0.05) is 25.3 Å². The van der Waals surface area contributed by atoms with Crippen LogP contribution in [0.2, 0.25) is 0 Å². The average Bonchev–Trinajstić information content (AvgIpc) is 2.63. The molecule has 2 aromatic rings. The summed E-state index contributed by atoms with van der Waals surface area (Å²) in [6, 6.07) is 6.10. The minimum atomic E-state index is -0.305. The van der Waals surface area contributed by atoms with Crippen LogP contribution < -0.4 is 5.73 Å². The van der Waals surface area contributed by atoms with Crippen LogP contribution in [0.4, 0.5) is 0 Å². The van der Waals surface area contributed by atoms with Crippen LogP contribution in [-0.2, 0) is 17.8 Å². The van der Waals surface area contributed by atoms with E-state index in [4.69, 9.17) is 17.3 Å². The van der Waals surface area contributed by atoms with Gasteiger partial charge in [-0.1, -0.05) is 6.07 Å². The summed E-state index contributed by atoms with van der Waals surface area (Å²) >= 11 is 5.78. The Morgan fingerprint density at radius 1 is 1.50 bits per heavy atom. The molecule has 0 fully saturated rings. The molecule has 1 aromatic heterocycles. The highest BCUT2D eigenvalue weighted by Crippen LogP contribution is 2.19. The number of carbonyl (C=O) groups is 1. The first-order chi connectivity index (χ1) is 8.61. The van der Waals surface area contributed by atoms with Gasteiger partial charge in [-0.25, -0.2) is 4.98 Å². The van der Waals surface area contributed by atoms with E-state index >= 15 is 0 Å². The fraction of sp³-hybridized carbons (Fsp3) is 0.385. The van der Waals surface area contributed by atoms with E-state index in [-0.39, 0.29) is 5.91 Å². The monoisotopic (exact) mass is 265 g/mol. The normalized spacial score (nSPS) is 11.0. The summed E-state index contributed by atoms with van der Waals surface area (Å²) in [4.78, 5) is 15.5. The van der Waals surface area contributed by atoms with Crippen molar-refractivity contribution >= 4 is 28.5 Å². The van der Waals surface area contributed by atoms with Crippen molar-refractivity contribution in [2.75, 3.05) is 5.88 Å². The summed E-state index contributed by atoms with van der Waals surface area (Å²) in [6.07, 6.45) is 1.00. The number of halogens is 1. The van der Waals surface area contributed by atoms with E-state index in [2.05, 4.69) is 4.98 Å². The minimum absolute atomic E-state index is 0.305. The van der Waals surface area contributed by atoms with Gasteiger partial charge in [0.15, 0.2) is 0 Å². The first kappa shape index (κ1) is 12.9. The number of amides is 1. The molecule has 5 heteroatoms. The van der Waals surface area contributed by atoms with Crippen molar-refractivity contribution < 1.29 is 4.79 Å². The summed E-state index contributed by atoms with van der Waals surface area (Å²) in [5.41, 5.74) is 8.34. The van der Waals surface area contributed by atoms with Crippen molar-refractivity contribution in [3.63, 3.8) is 0 Å². The Hall–Kier alpha value is -1.55. The van der Waals surface area contributed by atoms with E-state index in [0.29, 0.717) is 25.3 Å². The molecular weight excluding hydrogens is 250 g/mol. The number of carbonyl (C=O) groups excluding carboxylic acids is 1. The van der Waals surface area contributed by atoms with Gasteiger partial charge in [-0.3, -0.25) is 4.79 Å². The fourth-order valence-electron chi connectivity index (χ4n) is 2.04. The average molecular weight is 266 g/mol. The number of hydrogen-bond donors (Lipinski definition) is 1. The van der Waals surface area contributed by atoms with Gasteiger partial charge in [0.1, 0.15) is 5.82 Å². The van der Waals surface area contributed by atoms with Gasteiger partial charge in [0.2, 0.25) is 5.91 Å². The van der Waals surface area contributed by atoms with Gasteiger partial charge >= 0.3 is 0 Å². The SMILES string of the molecule is Cc1ccc2c(c1)nc(CCCl)n2CCC(N)=O. The Kier molecular flexibility index (Phi) is 3.87. The molecule has 1 aromatic carbocycles. The lowest BCUT2D eigenvalue weighted by atomic mass is 10.2. The molecule has 0 aliphatic rings. The third-order valence-corrected chi connectivity index (χ3v) is 3.07. The molecule has 2 N–H and O–H groups in total. The molecule has 0 saturated heterocycles. The second-order valence-corrected chi connectivity index (χ2v) is 4.71. The van der Waals surface area contributed by atoms with Crippen LogP contribution in [0.5, 0.6) is 0 Å². The van der Waals surface area contributed by atoms with Crippen LogP contribution in [0.1, 0.15) is 17.8 Å². The number of alkyl halides is 1. The second-order valence-electron chi connectivity index (χ2n) is 4.33. The van der Waals surface area contributed by atoms with Gasteiger partial charge in [0.25, 0.3) is 0 Å². The molecular formula is C13H16ClN3O. The molecule has 96 valence electrons. The van der Waals surface area contributed by atoms with Crippen molar-refractivity contribution in [2.24, 2.45) is 5.73 Å². The maximum absolute atomic E-state index is 10.9. The van der Waals surface area contributed by atoms with E-state index in [1.165, 1.54) is 5.56 Å². The Morgan fingerprint density at radius 3 is 2.94 bits per heavy atom. The van der Waals surface area contributed by atoms with Crippen molar-refractivity contribution in [2.45, 2.75) is 26.3 Å². The number of nitrogens with two attached hydrogens (primary N) is 1. The summed E-state index contributed by atoms with van der Waals surface area (Å²) in [5, 5.41) is 0. The van der Waals surface area contributed by atoms with E-state index < -0.39 is 0 Å². The number of aromatic nitrogens is 2. The van der Waals surface area contributed by atoms with E-state index in [0.717, 1.165) is 16.9 Å². The quantitative estimate of drug-likeness (QED) is 0.841. The third-order valence-electron chi connectivity index (χ3n) is 2.88. The molecule has 0 spiro atoms. The number of aryl methyl sites for hydroxylation is 3. The van der Waals surface area contributed by atoms with Crippen LogP contribution in [0, 0.1) is 6.92 Å². The number of rotatable bonds is 5. The summed E-state index contributed by atoms with van der Waals surface area (Å²) in [5.74, 6) is 1.12. The smallest absolute Gasteiger partial charge is 0.219 e. The summed E-state index contributed by atoms with van der Waals surface area (Å²) in [7, 11) is 0. The number of primary amides is 1. The molecule has 0 aliphatic carbocycles. The largest absolute Gasteiger partial charge is 0.370 e. The lowest BCUT2D eigenvalue weighted by Crippen LogP contribution is -2.15. The topological polar surface area (TPSA) is 60.9 Å². The second kappa shape index (κ2) is 5.40. The van der Waals surface area contributed by atoms with E-state index in [1.807, 2.05) is 29.7 Å². The molecule has 0 bridgehead atoms. The standard InChI is InChI=1S/C13H16ClN3O/c1-9-2-3-11-10(8-9)16-13(4-6-14)17(11)7-5-12(15)18/h2-3,8H,4-7H2,1H3,(H2,15,18). The van der Waals surface area contributed by atoms with Crippen LogP contribution in [0.3, 0.4) is 0 Å². The highest BCUT2D eigenvalue weighted by Gasteiger charge is 2.10. The molecule has 0 radical (unpaired) electrons. The Morgan fingerprint density at radius 2 is 2.28 bits per heavy atom. The summed E-state index contributed by atoms with van der Waals surface area (Å²) < 4.78 is 2.03. The first-order valence-electron chi connectivity index (χ1n) is 5.92. The lowest BCUT2D eigenvalue weighted by Gasteiger charge is -2.06. The highest BCUT2D eigenvalue weighted by atomic mass is 35.5. The fourth-order valence-corrected chi connectivity index (χ4v) is 2.21. The van der Waals surface area contributed by atoms with Crippen molar-refractivity contribution in [3.8, 4) is 0 Å². The van der Waals surface area contributed by atoms with Crippen LogP contribution >= 0.6 is 11.6 Å². The number of imidazole rings is 1. The summed E-state index contributed by atoms with van der Waals surface area (Å²) in [6.45, 7) is 2.59. The van der Waals surface area contributed by atoms with Crippen molar-refractivity contribution in [1.82, 2.24) is 9.55 Å². The number of fused-ring (bicyclic) bond motifs is 1. The van der Waals surface area contributed by atoms with Gasteiger partial charge in [-0.05, 0) is 24.6 Å². The highest BCUT2D eigenvalue weighted by molar-refractivity contribution is 6.17. The van der Waals surface area contributed by atoms with Crippen LogP contribution in [0.25, 0.3) is 11.0 Å². The first-order valence-corrected chi connectivity index (χ1v) is 6.45. The number of nitrogens with zero attached hydrogens (tertiary/aromatic N) is 2. The third kappa shape index (κ3) is 2.64. The number of hydrogen-bond acceptors (Lipinski definition) is 2. The maximum Gasteiger partial charge on any atom is 0.219 e. The molecule has 0 aliphatic heterocycles. The maximum atomic E-state index is 10.9. The van der Waals surface area contributed by atoms with Crippen LogP contribution in [0.15, 0.2) is 18.2 Å². The van der Waals surface area contributed by atoms with Crippen LogP contribution in [-0.4, -0.2) is 21.3 Å². The van der Waals surface area contributed by atoms with Crippen molar-refractivity contribution in [1.29, 1.82) is 0 Å². The Balaban J connectivity index is 2.44. The molecule has 4 nitrogen and oxygen atoms in total. The molecule has 18 heavy (non-hydrogen) atoms. The van der Waals surface area contributed by atoms with Gasteiger partial charge < -0.3 is 10.3 Å². The minimum Gasteiger partial charge on any atom is -0.370 e. The van der Waals surface area contributed by atoms with Crippen molar-refractivity contribution in [3.05, 3.63) is 29.6 Å².